The van der Waals surface area contributed by atoms with Crippen LogP contribution in [0.5, 0.6) is 0 Å². The number of amides is 1. The molecule has 1 amide bonds. The van der Waals surface area contributed by atoms with Crippen LogP contribution < -0.4 is 9.21 Å². The Bertz CT molecular complexity index is 1140. The number of imidazole rings is 1. The van der Waals surface area contributed by atoms with Crippen LogP contribution >= 0.6 is 0 Å². The summed E-state index contributed by atoms with van der Waals surface area (Å²) < 4.78 is 62.1. The van der Waals surface area contributed by atoms with Crippen molar-refractivity contribution in [2.75, 3.05) is 22.3 Å². The highest BCUT2D eigenvalue weighted by Gasteiger charge is 2.35. The van der Waals surface area contributed by atoms with Gasteiger partial charge in [0.1, 0.15) is 18.0 Å². The molecule has 0 aromatic carbocycles. The number of nitrogens with zero attached hydrogens (tertiary/aromatic N) is 7. The molecule has 14 heteroatoms. The summed E-state index contributed by atoms with van der Waals surface area (Å²) in [6, 6.07) is 1.61. The van der Waals surface area contributed by atoms with Crippen molar-refractivity contribution in [3.8, 4) is 5.82 Å². The van der Waals surface area contributed by atoms with Crippen molar-refractivity contribution in [2.24, 2.45) is 5.92 Å². The molecule has 1 saturated heterocycles. The lowest BCUT2D eigenvalue weighted by molar-refractivity contribution is -0.137. The predicted molar refractivity (Wildman–Crippen MR) is 112 cm³/mol. The maximum Gasteiger partial charge on any atom is 0.417 e. The van der Waals surface area contributed by atoms with Gasteiger partial charge in [0.25, 0.3) is 11.3 Å². The highest BCUT2D eigenvalue weighted by atomic mass is 32.2. The van der Waals surface area contributed by atoms with Crippen LogP contribution in [-0.2, 0) is 22.2 Å². The maximum absolute atomic E-state index is 13.1. The standard InChI is InChI=1S/C19H18F3N7O3S/c20-19(21,22)14-3-4-15(25-8-14)29(33(31)32)18(30)13-2-1-7-27(10-13)17-11-28(12-26-17)16-9-23-5-6-24-16/h3-6,8-9,11-13H,1-2,7,10H2,(H,31,32)/t13-/m1/s1. The fourth-order valence-electron chi connectivity index (χ4n) is 3.52. The van der Waals surface area contributed by atoms with Crippen molar-refractivity contribution in [3.63, 3.8) is 0 Å². The monoisotopic (exact) mass is 481 g/mol. The first kappa shape index (κ1) is 22.8. The molecule has 0 aliphatic carbocycles. The van der Waals surface area contributed by atoms with E-state index in [1.165, 1.54) is 0 Å². The Morgan fingerprint density at radius 3 is 2.61 bits per heavy atom. The number of halogens is 3. The average Bonchev–Trinajstić information content (AvgIpc) is 3.30. The van der Waals surface area contributed by atoms with Gasteiger partial charge in [-0.05, 0) is 25.0 Å². The van der Waals surface area contributed by atoms with Gasteiger partial charge < -0.3 is 4.90 Å². The van der Waals surface area contributed by atoms with Crippen LogP contribution in [0.4, 0.5) is 24.8 Å². The summed E-state index contributed by atoms with van der Waals surface area (Å²) in [6.45, 7) is 0.826. The van der Waals surface area contributed by atoms with Crippen molar-refractivity contribution in [2.45, 2.75) is 19.0 Å². The highest BCUT2D eigenvalue weighted by molar-refractivity contribution is 7.81. The molecule has 1 unspecified atom stereocenters. The van der Waals surface area contributed by atoms with Crippen LogP contribution in [0.1, 0.15) is 18.4 Å². The average molecular weight is 481 g/mol. The maximum atomic E-state index is 13.1. The molecule has 3 aromatic heterocycles. The predicted octanol–water partition coefficient (Wildman–Crippen LogP) is 2.46. The van der Waals surface area contributed by atoms with E-state index in [0.717, 1.165) is 6.07 Å². The lowest BCUT2D eigenvalue weighted by atomic mass is 9.97. The minimum atomic E-state index is -4.61. The second-order valence-corrected chi connectivity index (χ2v) is 8.08. The van der Waals surface area contributed by atoms with E-state index in [1.54, 1.807) is 35.7 Å². The molecule has 33 heavy (non-hydrogen) atoms. The molecule has 4 heterocycles. The molecule has 10 nitrogen and oxygen atoms in total. The fraction of sp³-hybridized carbons (Fsp3) is 0.316. The minimum absolute atomic E-state index is 0.213. The van der Waals surface area contributed by atoms with E-state index in [2.05, 4.69) is 19.9 Å². The van der Waals surface area contributed by atoms with Crippen molar-refractivity contribution in [1.29, 1.82) is 0 Å². The Hall–Kier alpha value is -3.39. The Morgan fingerprint density at radius 2 is 1.97 bits per heavy atom. The number of piperidine rings is 1. The summed E-state index contributed by atoms with van der Waals surface area (Å²) >= 11 is -2.80. The molecule has 174 valence electrons. The molecule has 2 atom stereocenters. The number of hydrogen-bond donors (Lipinski definition) is 1. The summed E-state index contributed by atoms with van der Waals surface area (Å²) in [5, 5.41) is 0. The van der Waals surface area contributed by atoms with Crippen LogP contribution in [0.3, 0.4) is 0 Å². The second kappa shape index (κ2) is 9.23. The topological polar surface area (TPSA) is 117 Å². The van der Waals surface area contributed by atoms with E-state index in [4.69, 9.17) is 0 Å². The molecule has 4 rings (SSSR count). The van der Waals surface area contributed by atoms with Crippen molar-refractivity contribution in [1.82, 2.24) is 24.5 Å². The lowest BCUT2D eigenvalue weighted by Gasteiger charge is -2.33. The third-order valence-corrected chi connectivity index (χ3v) is 5.80. The van der Waals surface area contributed by atoms with Gasteiger partial charge in [0, 0.05) is 31.7 Å². The number of carbonyl (C=O) groups is 1. The Labute approximate surface area is 188 Å². The van der Waals surface area contributed by atoms with Crippen molar-refractivity contribution >= 4 is 28.8 Å². The third-order valence-electron chi connectivity index (χ3n) is 5.12. The summed E-state index contributed by atoms with van der Waals surface area (Å²) in [7, 11) is 0. The van der Waals surface area contributed by atoms with Gasteiger partial charge in [-0.15, -0.1) is 0 Å². The van der Waals surface area contributed by atoms with Gasteiger partial charge in [0.05, 0.1) is 23.9 Å². The Kier molecular flexibility index (Phi) is 6.37. The molecule has 1 aliphatic heterocycles. The van der Waals surface area contributed by atoms with Gasteiger partial charge in [0.15, 0.2) is 5.82 Å². The smallest absolute Gasteiger partial charge is 0.355 e. The zero-order valence-electron chi connectivity index (χ0n) is 17.0. The van der Waals surface area contributed by atoms with Crippen molar-refractivity contribution in [3.05, 3.63) is 55.0 Å². The number of anilines is 2. The number of pyridine rings is 1. The second-order valence-electron chi connectivity index (χ2n) is 7.25. The first-order chi connectivity index (χ1) is 15.7. The van der Waals surface area contributed by atoms with Gasteiger partial charge in [0.2, 0.25) is 5.91 Å². The fourth-order valence-corrected chi connectivity index (χ4v) is 4.09. The Morgan fingerprint density at radius 1 is 1.15 bits per heavy atom. The number of rotatable bonds is 5. The molecule has 3 aromatic rings. The van der Waals surface area contributed by atoms with Crippen LogP contribution in [0.2, 0.25) is 0 Å². The van der Waals surface area contributed by atoms with Crippen LogP contribution in [0.15, 0.2) is 49.4 Å². The molecule has 0 bridgehead atoms. The molecular formula is C19H18F3N7O3S. The largest absolute Gasteiger partial charge is 0.417 e. The van der Waals surface area contributed by atoms with Gasteiger partial charge in [-0.25, -0.2) is 19.2 Å². The number of alkyl halides is 3. The van der Waals surface area contributed by atoms with E-state index in [-0.39, 0.29) is 12.4 Å². The molecule has 0 saturated carbocycles. The van der Waals surface area contributed by atoms with Gasteiger partial charge >= 0.3 is 6.18 Å². The molecule has 0 spiro atoms. The van der Waals surface area contributed by atoms with E-state index >= 15 is 0 Å². The molecule has 1 N–H and O–H groups in total. The number of carbonyl (C=O) groups excluding carboxylic acids is 1. The lowest BCUT2D eigenvalue weighted by Crippen LogP contribution is -2.46. The van der Waals surface area contributed by atoms with E-state index in [1.807, 2.05) is 4.90 Å². The van der Waals surface area contributed by atoms with Gasteiger partial charge in [-0.1, -0.05) is 0 Å². The van der Waals surface area contributed by atoms with Gasteiger partial charge in [-0.2, -0.15) is 17.5 Å². The Balaban J connectivity index is 1.51. The highest BCUT2D eigenvalue weighted by Crippen LogP contribution is 2.30. The summed E-state index contributed by atoms with van der Waals surface area (Å²) in [5.74, 6) is -0.571. The van der Waals surface area contributed by atoms with Crippen LogP contribution in [-0.4, -0.2) is 52.3 Å². The quantitative estimate of drug-likeness (QED) is 0.553. The van der Waals surface area contributed by atoms with E-state index < -0.39 is 34.8 Å². The summed E-state index contributed by atoms with van der Waals surface area (Å²) in [6.07, 6.45) is 4.91. The zero-order chi connectivity index (χ0) is 23.6. The first-order valence-corrected chi connectivity index (χ1v) is 10.8. The molecular weight excluding hydrogens is 463 g/mol. The van der Waals surface area contributed by atoms with E-state index in [9.17, 15) is 26.7 Å². The third kappa shape index (κ3) is 5.01. The van der Waals surface area contributed by atoms with E-state index in [0.29, 0.717) is 47.6 Å². The molecule has 1 aliphatic rings. The zero-order valence-corrected chi connectivity index (χ0v) is 17.8. The minimum Gasteiger partial charge on any atom is -0.355 e. The van der Waals surface area contributed by atoms with Crippen LogP contribution in [0.25, 0.3) is 5.82 Å². The SMILES string of the molecule is O=C([C@@H]1CCCN(c2cn(-c3cnccn3)cn2)C1)N(c1ccc(C(F)(F)F)cn1)S(=O)O. The molecule has 1 fully saturated rings. The summed E-state index contributed by atoms with van der Waals surface area (Å²) in [4.78, 5) is 31.1. The normalized spacial score (nSPS) is 17.6. The van der Waals surface area contributed by atoms with Crippen LogP contribution in [0, 0.1) is 5.92 Å². The summed E-state index contributed by atoms with van der Waals surface area (Å²) in [5.41, 5.74) is -1.02. The number of aromatic nitrogens is 5. The molecule has 0 radical (unpaired) electrons. The van der Waals surface area contributed by atoms with Crippen molar-refractivity contribution < 1.29 is 26.7 Å². The first-order valence-electron chi connectivity index (χ1n) is 9.77. The number of hydrogen-bond acceptors (Lipinski definition) is 7. The van der Waals surface area contributed by atoms with Gasteiger partial charge in [-0.3, -0.25) is 18.9 Å².